The van der Waals surface area contributed by atoms with Crippen molar-refractivity contribution < 1.29 is 0 Å². The van der Waals surface area contributed by atoms with Gasteiger partial charge in [-0.2, -0.15) is 5.10 Å². The van der Waals surface area contributed by atoms with Gasteiger partial charge in [0.05, 0.1) is 17.8 Å². The predicted molar refractivity (Wildman–Crippen MR) is 94.7 cm³/mol. The Bertz CT molecular complexity index is 794. The average Bonchev–Trinajstić information content (AvgIpc) is 3.01. The van der Waals surface area contributed by atoms with Crippen LogP contribution in [0.3, 0.4) is 0 Å². The van der Waals surface area contributed by atoms with Crippen LogP contribution in [0.1, 0.15) is 24.4 Å². The minimum atomic E-state index is 0.455. The molecule has 1 saturated heterocycles. The molecule has 4 heteroatoms. The summed E-state index contributed by atoms with van der Waals surface area (Å²) in [7, 11) is 0. The van der Waals surface area contributed by atoms with E-state index in [-0.39, 0.29) is 0 Å². The fraction of sp³-hybridized carbons (Fsp3) is 0.316. The summed E-state index contributed by atoms with van der Waals surface area (Å²) < 4.78 is 2.21. The third-order valence-electron chi connectivity index (χ3n) is 4.65. The van der Waals surface area contributed by atoms with Crippen LogP contribution in [0.15, 0.2) is 54.7 Å². The van der Waals surface area contributed by atoms with E-state index in [9.17, 15) is 0 Å². The average molecular weight is 326 g/mol. The lowest BCUT2D eigenvalue weighted by atomic mass is 10.0. The molecule has 3 nitrogen and oxygen atoms in total. The van der Waals surface area contributed by atoms with Crippen LogP contribution in [0.5, 0.6) is 0 Å². The van der Waals surface area contributed by atoms with E-state index in [0.717, 1.165) is 24.7 Å². The molecule has 0 bridgehead atoms. The van der Waals surface area contributed by atoms with Gasteiger partial charge in [0.25, 0.3) is 0 Å². The standard InChI is InChI=1S/C19H20ClN3/c20-17-9-7-15(8-10-17)13-22-11-3-5-18(14-22)23-19-6-2-1-4-16(19)12-21-23/h1-2,4,6-10,12,18H,3,5,11,13-14H2/t18-/m1/s1. The second-order valence-electron chi connectivity index (χ2n) is 6.31. The Kier molecular flexibility index (Phi) is 4.06. The van der Waals surface area contributed by atoms with Gasteiger partial charge in [0.1, 0.15) is 0 Å². The number of fused-ring (bicyclic) bond motifs is 1. The van der Waals surface area contributed by atoms with Gasteiger partial charge in [-0.15, -0.1) is 0 Å². The SMILES string of the molecule is Clc1ccc(CN2CCC[C@@H](n3ncc4ccccc43)C2)cc1. The highest BCUT2D eigenvalue weighted by molar-refractivity contribution is 6.30. The molecule has 0 radical (unpaired) electrons. The lowest BCUT2D eigenvalue weighted by molar-refractivity contribution is 0.165. The van der Waals surface area contributed by atoms with Gasteiger partial charge in [-0.25, -0.2) is 0 Å². The van der Waals surface area contributed by atoms with Crippen LogP contribution >= 0.6 is 11.6 Å². The lowest BCUT2D eigenvalue weighted by Crippen LogP contribution is -2.36. The van der Waals surface area contributed by atoms with Crippen LogP contribution in [0.4, 0.5) is 0 Å². The molecule has 1 fully saturated rings. The predicted octanol–water partition coefficient (Wildman–Crippen LogP) is 4.53. The summed E-state index contributed by atoms with van der Waals surface area (Å²) in [6.45, 7) is 3.18. The Morgan fingerprint density at radius 3 is 2.78 bits per heavy atom. The van der Waals surface area contributed by atoms with Crippen molar-refractivity contribution in [1.82, 2.24) is 14.7 Å². The number of benzene rings is 2. The van der Waals surface area contributed by atoms with Crippen LogP contribution in [0, 0.1) is 0 Å². The number of rotatable bonds is 3. The Hall–Kier alpha value is -1.84. The van der Waals surface area contributed by atoms with Crippen molar-refractivity contribution in [3.05, 3.63) is 65.3 Å². The van der Waals surface area contributed by atoms with E-state index in [1.54, 1.807) is 0 Å². The zero-order valence-corrected chi connectivity index (χ0v) is 13.8. The van der Waals surface area contributed by atoms with Gasteiger partial charge in [0.2, 0.25) is 0 Å². The summed E-state index contributed by atoms with van der Waals surface area (Å²) in [5, 5.41) is 6.67. The van der Waals surface area contributed by atoms with Crippen molar-refractivity contribution >= 4 is 22.5 Å². The van der Waals surface area contributed by atoms with Gasteiger partial charge in [0.15, 0.2) is 0 Å². The van der Waals surface area contributed by atoms with Crippen molar-refractivity contribution in [1.29, 1.82) is 0 Å². The van der Waals surface area contributed by atoms with Gasteiger partial charge >= 0.3 is 0 Å². The lowest BCUT2D eigenvalue weighted by Gasteiger charge is -2.33. The van der Waals surface area contributed by atoms with Crippen LogP contribution in [0.2, 0.25) is 5.02 Å². The summed E-state index contributed by atoms with van der Waals surface area (Å²) in [5.41, 5.74) is 2.56. The first-order valence-corrected chi connectivity index (χ1v) is 8.56. The monoisotopic (exact) mass is 325 g/mol. The molecule has 0 spiro atoms. The van der Waals surface area contributed by atoms with E-state index in [2.05, 4.69) is 51.1 Å². The van der Waals surface area contributed by atoms with E-state index in [0.29, 0.717) is 6.04 Å². The molecule has 23 heavy (non-hydrogen) atoms. The molecule has 118 valence electrons. The first-order valence-electron chi connectivity index (χ1n) is 8.19. The summed E-state index contributed by atoms with van der Waals surface area (Å²) >= 11 is 5.98. The Balaban J connectivity index is 1.51. The first kappa shape index (κ1) is 14.7. The molecular weight excluding hydrogens is 306 g/mol. The minimum absolute atomic E-state index is 0.455. The summed E-state index contributed by atoms with van der Waals surface area (Å²) in [6.07, 6.45) is 4.39. The largest absolute Gasteiger partial charge is 0.297 e. The molecular formula is C19H20ClN3. The zero-order valence-electron chi connectivity index (χ0n) is 13.0. The summed E-state index contributed by atoms with van der Waals surface area (Å²) in [6, 6.07) is 17.1. The Labute approximate surface area is 141 Å². The number of hydrogen-bond acceptors (Lipinski definition) is 2. The van der Waals surface area contributed by atoms with Gasteiger partial charge in [0, 0.05) is 23.5 Å². The molecule has 4 rings (SSSR count). The molecule has 0 amide bonds. The highest BCUT2D eigenvalue weighted by Crippen LogP contribution is 2.26. The number of aromatic nitrogens is 2. The van der Waals surface area contributed by atoms with E-state index in [1.165, 1.54) is 29.3 Å². The molecule has 1 aliphatic heterocycles. The first-order chi connectivity index (χ1) is 11.3. The van der Waals surface area contributed by atoms with Crippen molar-refractivity contribution in [2.45, 2.75) is 25.4 Å². The maximum Gasteiger partial charge on any atom is 0.0686 e. The molecule has 0 N–H and O–H groups in total. The molecule has 2 heterocycles. The highest BCUT2D eigenvalue weighted by atomic mass is 35.5. The quantitative estimate of drug-likeness (QED) is 0.705. The van der Waals surface area contributed by atoms with Gasteiger partial charge < -0.3 is 0 Å². The van der Waals surface area contributed by atoms with Gasteiger partial charge in [-0.05, 0) is 43.1 Å². The molecule has 1 atom stereocenters. The number of nitrogens with zero attached hydrogens (tertiary/aromatic N) is 3. The number of piperidine rings is 1. The number of likely N-dealkylation sites (tertiary alicyclic amines) is 1. The maximum atomic E-state index is 5.98. The normalized spacial score (nSPS) is 19.3. The topological polar surface area (TPSA) is 21.1 Å². The molecule has 3 aromatic rings. The molecule has 0 unspecified atom stereocenters. The molecule has 1 aliphatic rings. The van der Waals surface area contributed by atoms with E-state index in [4.69, 9.17) is 11.6 Å². The van der Waals surface area contributed by atoms with Gasteiger partial charge in [-0.3, -0.25) is 9.58 Å². The molecule has 1 aromatic heterocycles. The van der Waals surface area contributed by atoms with Crippen molar-refractivity contribution in [2.75, 3.05) is 13.1 Å². The maximum absolute atomic E-state index is 5.98. The smallest absolute Gasteiger partial charge is 0.0686 e. The molecule has 2 aromatic carbocycles. The van der Waals surface area contributed by atoms with Crippen LogP contribution in [0.25, 0.3) is 10.9 Å². The second-order valence-corrected chi connectivity index (χ2v) is 6.74. The van der Waals surface area contributed by atoms with Crippen molar-refractivity contribution in [2.24, 2.45) is 0 Å². The van der Waals surface area contributed by atoms with Crippen LogP contribution in [-0.4, -0.2) is 27.8 Å². The van der Waals surface area contributed by atoms with Crippen molar-refractivity contribution in [3.8, 4) is 0 Å². The number of halogens is 1. The van der Waals surface area contributed by atoms with E-state index < -0.39 is 0 Å². The van der Waals surface area contributed by atoms with Crippen LogP contribution < -0.4 is 0 Å². The van der Waals surface area contributed by atoms with Crippen LogP contribution in [-0.2, 0) is 6.54 Å². The molecule has 0 saturated carbocycles. The Morgan fingerprint density at radius 1 is 1.09 bits per heavy atom. The zero-order chi connectivity index (χ0) is 15.6. The summed E-state index contributed by atoms with van der Waals surface area (Å²) in [5.74, 6) is 0. The van der Waals surface area contributed by atoms with Gasteiger partial charge in [-0.1, -0.05) is 41.9 Å². The fourth-order valence-electron chi connectivity index (χ4n) is 3.51. The second kappa shape index (κ2) is 6.34. The number of hydrogen-bond donors (Lipinski definition) is 0. The molecule has 0 aliphatic carbocycles. The number of para-hydroxylation sites is 1. The third kappa shape index (κ3) is 3.12. The fourth-order valence-corrected chi connectivity index (χ4v) is 3.63. The van der Waals surface area contributed by atoms with Crippen molar-refractivity contribution in [3.63, 3.8) is 0 Å². The third-order valence-corrected chi connectivity index (χ3v) is 4.90. The van der Waals surface area contributed by atoms with E-state index >= 15 is 0 Å². The minimum Gasteiger partial charge on any atom is -0.297 e. The Morgan fingerprint density at radius 2 is 1.91 bits per heavy atom. The highest BCUT2D eigenvalue weighted by Gasteiger charge is 2.23. The van der Waals surface area contributed by atoms with E-state index in [1.807, 2.05) is 18.3 Å². The summed E-state index contributed by atoms with van der Waals surface area (Å²) in [4.78, 5) is 2.52.